The molecule has 23 heavy (non-hydrogen) atoms. The Labute approximate surface area is 141 Å². The summed E-state index contributed by atoms with van der Waals surface area (Å²) < 4.78 is 0. The van der Waals surface area contributed by atoms with E-state index in [0.29, 0.717) is 10.8 Å². The number of rotatable bonds is 1. The zero-order valence-corrected chi connectivity index (χ0v) is 14.6. The van der Waals surface area contributed by atoms with Crippen molar-refractivity contribution in [3.8, 4) is 0 Å². The zero-order valence-electron chi connectivity index (χ0n) is 14.6. The number of nitrogens with one attached hydrogen (secondary N) is 1. The molecule has 0 radical (unpaired) electrons. The summed E-state index contributed by atoms with van der Waals surface area (Å²) in [5, 5.41) is 8.16. The number of fused-ring (bicyclic) bond motifs is 6. The van der Waals surface area contributed by atoms with Gasteiger partial charge in [0, 0.05) is 5.71 Å². The summed E-state index contributed by atoms with van der Waals surface area (Å²) in [6, 6.07) is 0. The molecule has 1 nitrogen and oxygen atoms in total. The molecule has 0 bridgehead atoms. The summed E-state index contributed by atoms with van der Waals surface area (Å²) in [6.07, 6.45) is 17.0. The summed E-state index contributed by atoms with van der Waals surface area (Å²) >= 11 is 0. The first-order chi connectivity index (χ1) is 11.1. The van der Waals surface area contributed by atoms with E-state index >= 15 is 0 Å². The smallest absolute Gasteiger partial charge is 0.0314 e. The van der Waals surface area contributed by atoms with Crippen molar-refractivity contribution in [1.29, 1.82) is 5.41 Å². The van der Waals surface area contributed by atoms with Gasteiger partial charge in [0.15, 0.2) is 0 Å². The summed E-state index contributed by atoms with van der Waals surface area (Å²) in [7, 11) is 0. The minimum Gasteiger partial charge on any atom is -0.305 e. The van der Waals surface area contributed by atoms with Gasteiger partial charge in [-0.05, 0) is 104 Å². The highest BCUT2D eigenvalue weighted by Gasteiger charge is 2.62. The van der Waals surface area contributed by atoms with Gasteiger partial charge in [0.1, 0.15) is 0 Å². The lowest BCUT2D eigenvalue weighted by Gasteiger charge is -2.56. The molecule has 0 aromatic rings. The van der Waals surface area contributed by atoms with Crippen LogP contribution in [0.15, 0.2) is 24.3 Å². The van der Waals surface area contributed by atoms with Crippen molar-refractivity contribution in [2.75, 3.05) is 0 Å². The molecule has 4 fully saturated rings. The van der Waals surface area contributed by atoms with Crippen LogP contribution >= 0.6 is 0 Å². The molecule has 0 aliphatic heterocycles. The second kappa shape index (κ2) is 4.61. The Bertz CT molecular complexity index is 595. The number of hydrogen-bond acceptors (Lipinski definition) is 1. The van der Waals surface area contributed by atoms with E-state index in [0.717, 1.165) is 41.7 Å². The Balaban J connectivity index is 1.55. The fourth-order valence-electron chi connectivity index (χ4n) is 7.59. The van der Waals surface area contributed by atoms with Crippen molar-refractivity contribution in [3.63, 3.8) is 0 Å². The molecule has 6 atom stereocenters. The lowest BCUT2D eigenvalue weighted by atomic mass is 9.48. The third-order valence-electron chi connectivity index (χ3n) is 8.94. The standard InChI is InChI=1S/C22H31N/c1-3-22-9-8-16-17-6-5-15(23)12-20(17)21(10-11-21)13-18(16)19(22)7-4-14(22)2/h3,12,14,16-19,23H,1,4-11,13H2,2H3. The van der Waals surface area contributed by atoms with Crippen LogP contribution in [-0.4, -0.2) is 5.71 Å². The van der Waals surface area contributed by atoms with Crippen LogP contribution in [-0.2, 0) is 0 Å². The quantitative estimate of drug-likeness (QED) is 0.594. The lowest BCUT2D eigenvalue weighted by molar-refractivity contribution is -0.0155. The van der Waals surface area contributed by atoms with Crippen molar-refractivity contribution in [2.45, 2.75) is 64.7 Å². The predicted octanol–water partition coefficient (Wildman–Crippen LogP) is 5.77. The number of hydrogen-bond donors (Lipinski definition) is 1. The van der Waals surface area contributed by atoms with E-state index in [-0.39, 0.29) is 0 Å². The molecule has 6 unspecified atom stereocenters. The number of allylic oxidation sites excluding steroid dienone is 3. The highest BCUT2D eigenvalue weighted by Crippen LogP contribution is 2.71. The van der Waals surface area contributed by atoms with Crippen LogP contribution in [0.2, 0.25) is 0 Å². The average Bonchev–Trinajstić information content (AvgIpc) is 3.24. The van der Waals surface area contributed by atoms with Crippen molar-refractivity contribution in [2.24, 2.45) is 40.4 Å². The highest BCUT2D eigenvalue weighted by atomic mass is 14.7. The summed E-state index contributed by atoms with van der Waals surface area (Å²) in [6.45, 7) is 6.80. The topological polar surface area (TPSA) is 23.9 Å². The molecule has 4 saturated carbocycles. The molecule has 5 rings (SSSR count). The third kappa shape index (κ3) is 1.77. The van der Waals surface area contributed by atoms with Gasteiger partial charge < -0.3 is 5.41 Å². The van der Waals surface area contributed by atoms with Gasteiger partial charge in [-0.3, -0.25) is 0 Å². The predicted molar refractivity (Wildman–Crippen MR) is 95.5 cm³/mol. The molecule has 0 aromatic heterocycles. The van der Waals surface area contributed by atoms with Crippen LogP contribution in [0.4, 0.5) is 0 Å². The van der Waals surface area contributed by atoms with Gasteiger partial charge in [0.25, 0.3) is 0 Å². The normalized spacial score (nSPS) is 49.9. The Hall–Kier alpha value is -0.850. The van der Waals surface area contributed by atoms with Gasteiger partial charge in [0.05, 0.1) is 0 Å². The average molecular weight is 309 g/mol. The Morgan fingerprint density at radius 3 is 2.70 bits per heavy atom. The Morgan fingerprint density at radius 1 is 1.13 bits per heavy atom. The zero-order chi connectivity index (χ0) is 15.8. The maximum absolute atomic E-state index is 8.16. The van der Waals surface area contributed by atoms with Crippen LogP contribution in [0, 0.1) is 45.8 Å². The summed E-state index contributed by atoms with van der Waals surface area (Å²) in [4.78, 5) is 0. The first-order valence-corrected chi connectivity index (χ1v) is 10.0. The minimum atomic E-state index is 0.458. The Morgan fingerprint density at radius 2 is 1.96 bits per heavy atom. The first-order valence-electron chi connectivity index (χ1n) is 10.0. The molecule has 5 aliphatic rings. The van der Waals surface area contributed by atoms with E-state index in [1.165, 1.54) is 51.4 Å². The fraction of sp³-hybridized carbons (Fsp3) is 0.773. The van der Waals surface area contributed by atoms with Gasteiger partial charge >= 0.3 is 0 Å². The van der Waals surface area contributed by atoms with E-state index in [9.17, 15) is 0 Å². The minimum absolute atomic E-state index is 0.458. The molecule has 124 valence electrons. The molecule has 1 heteroatoms. The van der Waals surface area contributed by atoms with Gasteiger partial charge in [-0.25, -0.2) is 0 Å². The van der Waals surface area contributed by atoms with Crippen molar-refractivity contribution >= 4 is 5.71 Å². The van der Waals surface area contributed by atoms with E-state index in [2.05, 4.69) is 25.7 Å². The van der Waals surface area contributed by atoms with E-state index in [4.69, 9.17) is 5.41 Å². The maximum Gasteiger partial charge on any atom is 0.0314 e. The molecule has 0 aromatic carbocycles. The van der Waals surface area contributed by atoms with E-state index in [1.807, 2.05) is 0 Å². The van der Waals surface area contributed by atoms with Crippen LogP contribution in [0.5, 0.6) is 0 Å². The van der Waals surface area contributed by atoms with Gasteiger partial charge in [0.2, 0.25) is 0 Å². The monoisotopic (exact) mass is 309 g/mol. The largest absolute Gasteiger partial charge is 0.305 e. The first kappa shape index (κ1) is 14.5. The highest BCUT2D eigenvalue weighted by molar-refractivity contribution is 5.94. The lowest BCUT2D eigenvalue weighted by Crippen LogP contribution is -2.49. The molecule has 0 heterocycles. The molecular weight excluding hydrogens is 278 g/mol. The van der Waals surface area contributed by atoms with Crippen molar-refractivity contribution in [3.05, 3.63) is 24.3 Å². The van der Waals surface area contributed by atoms with Gasteiger partial charge in [-0.1, -0.05) is 18.6 Å². The van der Waals surface area contributed by atoms with Crippen LogP contribution in [0.3, 0.4) is 0 Å². The molecule has 0 amide bonds. The Kier molecular flexibility index (Phi) is 2.91. The molecule has 1 spiro atoms. The van der Waals surface area contributed by atoms with E-state index in [1.54, 1.807) is 5.57 Å². The maximum atomic E-state index is 8.16. The van der Waals surface area contributed by atoms with E-state index < -0.39 is 0 Å². The molecular formula is C22H31N. The van der Waals surface area contributed by atoms with Crippen molar-refractivity contribution in [1.82, 2.24) is 0 Å². The third-order valence-corrected chi connectivity index (χ3v) is 8.94. The van der Waals surface area contributed by atoms with Gasteiger partial charge in [-0.2, -0.15) is 0 Å². The second-order valence-corrected chi connectivity index (χ2v) is 9.52. The molecule has 1 N–H and O–H groups in total. The fourth-order valence-corrected chi connectivity index (χ4v) is 7.59. The second-order valence-electron chi connectivity index (χ2n) is 9.52. The summed E-state index contributed by atoms with van der Waals surface area (Å²) in [5.74, 6) is 4.45. The summed E-state index contributed by atoms with van der Waals surface area (Å²) in [5.41, 5.74) is 3.63. The van der Waals surface area contributed by atoms with Crippen LogP contribution in [0.1, 0.15) is 64.7 Å². The SMILES string of the molecule is C=CC12CCC3C4CCC(=N)C=C4C4(CC4)CC3C1CCC2C. The van der Waals surface area contributed by atoms with Crippen molar-refractivity contribution < 1.29 is 0 Å². The van der Waals surface area contributed by atoms with Gasteiger partial charge in [-0.15, -0.1) is 6.58 Å². The molecule has 5 aliphatic carbocycles. The molecule has 0 saturated heterocycles. The van der Waals surface area contributed by atoms with Crippen LogP contribution in [0.25, 0.3) is 0 Å². The van der Waals surface area contributed by atoms with Crippen LogP contribution < -0.4 is 0 Å².